The van der Waals surface area contributed by atoms with Crippen molar-refractivity contribution in [2.45, 2.75) is 13.0 Å². The molecule has 0 unspecified atom stereocenters. The quantitative estimate of drug-likeness (QED) is 0.519. The van der Waals surface area contributed by atoms with Crippen LogP contribution in [0.3, 0.4) is 0 Å². The third-order valence-electron chi connectivity index (χ3n) is 4.35. The van der Waals surface area contributed by atoms with E-state index in [-0.39, 0.29) is 29.1 Å². The van der Waals surface area contributed by atoms with Crippen molar-refractivity contribution in [3.8, 4) is 5.75 Å². The summed E-state index contributed by atoms with van der Waals surface area (Å²) in [5.41, 5.74) is 0.932. The number of nitrogens with one attached hydrogen (secondary N) is 2. The van der Waals surface area contributed by atoms with E-state index in [1.54, 1.807) is 25.3 Å². The number of nitrogens with zero attached hydrogens (tertiary/aromatic N) is 2. The molecule has 164 valence electrons. The highest BCUT2D eigenvalue weighted by Gasteiger charge is 2.13. The van der Waals surface area contributed by atoms with E-state index in [0.29, 0.717) is 5.75 Å². The van der Waals surface area contributed by atoms with Crippen molar-refractivity contribution in [3.05, 3.63) is 89.0 Å². The SMILES string of the molecule is [2H]C([2H])(NC(=O)c1cc(C(=O)NCc2cccc(OC)c2)ncn1)c1ccc(C(=O)OC)cc1. The zero-order valence-electron chi connectivity index (χ0n) is 19.4. The van der Waals surface area contributed by atoms with Crippen LogP contribution in [0, 0.1) is 0 Å². The lowest BCUT2D eigenvalue weighted by Gasteiger charge is -2.08. The summed E-state index contributed by atoms with van der Waals surface area (Å²) in [4.78, 5) is 44.4. The Labute approximate surface area is 187 Å². The van der Waals surface area contributed by atoms with Gasteiger partial charge in [-0.25, -0.2) is 14.8 Å². The Morgan fingerprint density at radius 2 is 1.59 bits per heavy atom. The van der Waals surface area contributed by atoms with Crippen LogP contribution in [0.2, 0.25) is 0 Å². The fourth-order valence-corrected chi connectivity index (χ4v) is 2.66. The Morgan fingerprint density at radius 3 is 2.25 bits per heavy atom. The standard InChI is InChI=1S/C23H22N4O5/c1-31-18-5-3-4-16(10-18)13-25-22(29)20-11-19(26-14-27-20)21(28)24-12-15-6-8-17(9-7-15)23(30)32-2/h3-11,14H,12-13H2,1-2H3,(H,24,28)(H,25,29)/i12D2. The van der Waals surface area contributed by atoms with Crippen molar-refractivity contribution in [1.82, 2.24) is 20.6 Å². The number of esters is 1. The number of carbonyl (C=O) groups excluding carboxylic acids is 3. The summed E-state index contributed by atoms with van der Waals surface area (Å²) in [6, 6.07) is 13.9. The lowest BCUT2D eigenvalue weighted by Crippen LogP contribution is -2.27. The van der Waals surface area contributed by atoms with Gasteiger partial charge in [-0.1, -0.05) is 24.3 Å². The lowest BCUT2D eigenvalue weighted by molar-refractivity contribution is 0.0600. The van der Waals surface area contributed by atoms with Gasteiger partial charge in [0.2, 0.25) is 0 Å². The third-order valence-corrected chi connectivity index (χ3v) is 4.35. The van der Waals surface area contributed by atoms with Crippen LogP contribution in [0.4, 0.5) is 0 Å². The molecule has 2 aromatic carbocycles. The van der Waals surface area contributed by atoms with Crippen LogP contribution in [-0.4, -0.2) is 42.0 Å². The summed E-state index contributed by atoms with van der Waals surface area (Å²) in [7, 11) is 2.79. The molecule has 9 heteroatoms. The highest BCUT2D eigenvalue weighted by Crippen LogP contribution is 2.12. The maximum absolute atomic E-state index is 12.6. The minimum atomic E-state index is -2.27. The molecule has 1 aromatic heterocycles. The van der Waals surface area contributed by atoms with Gasteiger partial charge in [0.05, 0.1) is 22.5 Å². The Balaban J connectivity index is 1.67. The van der Waals surface area contributed by atoms with Crippen LogP contribution in [0.1, 0.15) is 45.2 Å². The molecular weight excluding hydrogens is 412 g/mol. The molecule has 0 saturated heterocycles. The van der Waals surface area contributed by atoms with Crippen LogP contribution >= 0.6 is 0 Å². The van der Waals surface area contributed by atoms with Gasteiger partial charge in [0.1, 0.15) is 23.5 Å². The Bertz CT molecular complexity index is 1200. The molecule has 0 spiro atoms. The van der Waals surface area contributed by atoms with Crippen molar-refractivity contribution in [3.63, 3.8) is 0 Å². The van der Waals surface area contributed by atoms with E-state index < -0.39 is 24.3 Å². The monoisotopic (exact) mass is 436 g/mol. The summed E-state index contributed by atoms with van der Waals surface area (Å²) in [6.07, 6.45) is 1.05. The van der Waals surface area contributed by atoms with E-state index in [4.69, 9.17) is 7.48 Å². The maximum atomic E-state index is 12.6. The molecule has 2 amide bonds. The predicted molar refractivity (Wildman–Crippen MR) is 115 cm³/mol. The van der Waals surface area contributed by atoms with Crippen molar-refractivity contribution in [2.24, 2.45) is 0 Å². The number of amides is 2. The summed E-state index contributed by atoms with van der Waals surface area (Å²) in [6.45, 7) is -2.06. The van der Waals surface area contributed by atoms with Crippen molar-refractivity contribution < 1.29 is 26.6 Å². The first-order valence-corrected chi connectivity index (χ1v) is 9.48. The summed E-state index contributed by atoms with van der Waals surface area (Å²) in [5, 5.41) is 4.93. The number of hydrogen-bond acceptors (Lipinski definition) is 7. The van der Waals surface area contributed by atoms with Crippen LogP contribution in [0.25, 0.3) is 0 Å². The van der Waals surface area contributed by atoms with E-state index >= 15 is 0 Å². The fraction of sp³-hybridized carbons (Fsp3) is 0.174. The predicted octanol–water partition coefficient (Wildman–Crippen LogP) is 2.13. The Hall–Kier alpha value is -4.27. The van der Waals surface area contributed by atoms with E-state index in [2.05, 4.69) is 25.3 Å². The lowest BCUT2D eigenvalue weighted by atomic mass is 10.1. The molecule has 0 saturated carbocycles. The van der Waals surface area contributed by atoms with Gasteiger partial charge >= 0.3 is 5.97 Å². The molecular formula is C23H22N4O5. The molecule has 2 N–H and O–H groups in total. The molecule has 32 heavy (non-hydrogen) atoms. The topological polar surface area (TPSA) is 120 Å². The van der Waals surface area contributed by atoms with Gasteiger partial charge in [-0.2, -0.15) is 0 Å². The van der Waals surface area contributed by atoms with Crippen molar-refractivity contribution in [2.75, 3.05) is 14.2 Å². The molecule has 0 radical (unpaired) electrons. The zero-order valence-corrected chi connectivity index (χ0v) is 17.4. The average molecular weight is 436 g/mol. The Morgan fingerprint density at radius 1 is 0.906 bits per heavy atom. The Kier molecular flexibility index (Phi) is 6.56. The largest absolute Gasteiger partial charge is 0.497 e. The fourth-order valence-electron chi connectivity index (χ4n) is 2.66. The zero-order chi connectivity index (χ0) is 24.7. The average Bonchev–Trinajstić information content (AvgIpc) is 2.86. The first kappa shape index (κ1) is 19.7. The van der Waals surface area contributed by atoms with Gasteiger partial charge in [0.15, 0.2) is 0 Å². The highest BCUT2D eigenvalue weighted by molar-refractivity contribution is 5.97. The number of carbonyl (C=O) groups is 3. The van der Waals surface area contributed by atoms with Gasteiger partial charge in [0.25, 0.3) is 11.8 Å². The van der Waals surface area contributed by atoms with Gasteiger partial charge in [0, 0.05) is 19.1 Å². The van der Waals surface area contributed by atoms with Crippen LogP contribution in [0.5, 0.6) is 5.75 Å². The maximum Gasteiger partial charge on any atom is 0.337 e. The van der Waals surface area contributed by atoms with Crippen LogP contribution in [0.15, 0.2) is 60.9 Å². The number of methoxy groups -OCH3 is 2. The number of benzene rings is 2. The number of rotatable bonds is 8. The molecule has 0 atom stereocenters. The van der Waals surface area contributed by atoms with Crippen LogP contribution in [-0.2, 0) is 17.8 Å². The van der Waals surface area contributed by atoms with Gasteiger partial charge < -0.3 is 20.1 Å². The van der Waals surface area contributed by atoms with E-state index in [1.165, 1.54) is 37.4 Å². The molecule has 0 aliphatic rings. The van der Waals surface area contributed by atoms with Gasteiger partial charge in [-0.15, -0.1) is 0 Å². The summed E-state index contributed by atoms with van der Waals surface area (Å²) in [5.74, 6) is -1.27. The normalized spacial score (nSPS) is 11.6. The second kappa shape index (κ2) is 10.7. The number of ether oxygens (including phenoxy) is 2. The second-order valence-electron chi connectivity index (χ2n) is 6.47. The van der Waals surface area contributed by atoms with E-state index in [9.17, 15) is 14.4 Å². The van der Waals surface area contributed by atoms with Crippen molar-refractivity contribution >= 4 is 17.8 Å². The van der Waals surface area contributed by atoms with Crippen LogP contribution < -0.4 is 15.4 Å². The minimum Gasteiger partial charge on any atom is -0.497 e. The summed E-state index contributed by atoms with van der Waals surface area (Å²) >= 11 is 0. The van der Waals surface area contributed by atoms with Gasteiger partial charge in [-0.05, 0) is 35.4 Å². The molecule has 3 rings (SSSR count). The molecule has 9 nitrogen and oxygen atoms in total. The highest BCUT2D eigenvalue weighted by atomic mass is 16.5. The first-order chi connectivity index (χ1) is 16.2. The first-order valence-electron chi connectivity index (χ1n) is 10.5. The van der Waals surface area contributed by atoms with E-state index in [0.717, 1.165) is 11.9 Å². The molecule has 0 fully saturated rings. The van der Waals surface area contributed by atoms with Crippen molar-refractivity contribution in [1.29, 1.82) is 0 Å². The minimum absolute atomic E-state index is 0.0500. The molecule has 0 bridgehead atoms. The second-order valence-corrected chi connectivity index (χ2v) is 6.47. The third kappa shape index (κ3) is 5.88. The molecule has 0 aliphatic carbocycles. The molecule has 1 heterocycles. The number of aromatic nitrogens is 2. The van der Waals surface area contributed by atoms with E-state index in [1.807, 2.05) is 6.07 Å². The van der Waals surface area contributed by atoms with Gasteiger partial charge in [-0.3, -0.25) is 9.59 Å². The molecule has 0 aliphatic heterocycles. The number of hydrogen-bond donors (Lipinski definition) is 2. The molecule has 3 aromatic rings. The smallest absolute Gasteiger partial charge is 0.337 e. The summed E-state index contributed by atoms with van der Waals surface area (Å²) < 4.78 is 26.1.